The summed E-state index contributed by atoms with van der Waals surface area (Å²) in [5.41, 5.74) is 0.438. The van der Waals surface area contributed by atoms with Crippen molar-refractivity contribution in [1.29, 1.82) is 0 Å². The fraction of sp³-hybridized carbons (Fsp3) is 0.791. The van der Waals surface area contributed by atoms with Gasteiger partial charge in [-0.2, -0.15) is 0 Å². The lowest BCUT2D eigenvalue weighted by Crippen LogP contribution is -2.71. The topological polar surface area (TPSA) is 155 Å². The van der Waals surface area contributed by atoms with Crippen LogP contribution >= 0.6 is 0 Å². The maximum absolute atomic E-state index is 14.7. The van der Waals surface area contributed by atoms with Crippen LogP contribution in [0.25, 0.3) is 0 Å². The maximum atomic E-state index is 14.7. The molecule has 0 amide bonds. The summed E-state index contributed by atoms with van der Waals surface area (Å²) < 4.78 is 24.9. The number of aliphatic hydroxyl groups is 5. The Morgan fingerprint density at radius 3 is 2.32 bits per heavy atom. The zero-order chi connectivity index (χ0) is 38.3. The van der Waals surface area contributed by atoms with Gasteiger partial charge >= 0.3 is 5.97 Å². The molecule has 6 aliphatic rings. The van der Waals surface area contributed by atoms with E-state index in [2.05, 4.69) is 54.5 Å². The van der Waals surface area contributed by atoms with Gasteiger partial charge in [0.05, 0.1) is 37.9 Å². The molecule has 16 atom stereocenters. The number of esters is 1. The quantitative estimate of drug-likeness (QED) is 0.143. The summed E-state index contributed by atoms with van der Waals surface area (Å²) in [7, 11) is 0. The number of hydrogen-bond acceptors (Lipinski definition) is 10. The lowest BCUT2D eigenvalue weighted by atomic mass is 9.34. The normalized spacial score (nSPS) is 48.5. The second kappa shape index (κ2) is 13.9. The number of ether oxygens (including phenoxy) is 4. The molecule has 3 saturated carbocycles. The third-order valence-electron chi connectivity index (χ3n) is 16.4. The molecule has 5 fully saturated rings. The fourth-order valence-corrected chi connectivity index (χ4v) is 13.0. The van der Waals surface area contributed by atoms with Crippen molar-refractivity contribution in [1.82, 2.24) is 0 Å². The molecule has 5 N–H and O–H groups in total. The predicted octanol–water partition coefficient (Wildman–Crippen LogP) is 4.78. The van der Waals surface area contributed by atoms with E-state index in [1.807, 2.05) is 30.3 Å². The lowest BCUT2D eigenvalue weighted by Gasteiger charge is -2.71. The molecule has 10 heteroatoms. The molecule has 2 saturated heterocycles. The largest absolute Gasteiger partial charge is 0.461 e. The van der Waals surface area contributed by atoms with Gasteiger partial charge in [0.25, 0.3) is 0 Å². The summed E-state index contributed by atoms with van der Waals surface area (Å²) in [4.78, 5) is 14.7. The first-order chi connectivity index (χ1) is 25.0. The first-order valence-corrected chi connectivity index (χ1v) is 20.1. The van der Waals surface area contributed by atoms with E-state index >= 15 is 0 Å². The van der Waals surface area contributed by atoms with E-state index in [4.69, 9.17) is 18.9 Å². The molecule has 1 aromatic carbocycles. The van der Waals surface area contributed by atoms with E-state index in [0.29, 0.717) is 31.5 Å². The Hall–Kier alpha value is -1.89. The van der Waals surface area contributed by atoms with Crippen LogP contribution in [0.5, 0.6) is 0 Å². The van der Waals surface area contributed by atoms with E-state index < -0.39 is 60.4 Å². The highest BCUT2D eigenvalue weighted by molar-refractivity contribution is 5.75. The van der Waals surface area contributed by atoms with Crippen LogP contribution in [0, 0.1) is 56.7 Å². The highest BCUT2D eigenvalue weighted by atomic mass is 16.7. The number of carbonyl (C=O) groups excluding carboxylic acids is 1. The van der Waals surface area contributed by atoms with Crippen molar-refractivity contribution in [3.05, 3.63) is 47.5 Å². The molecular formula is C43H64O10. The van der Waals surface area contributed by atoms with Gasteiger partial charge in [-0.05, 0) is 84.0 Å². The number of benzene rings is 1. The second-order valence-corrected chi connectivity index (χ2v) is 19.1. The first-order valence-electron chi connectivity index (χ1n) is 20.1. The maximum Gasteiger partial charge on any atom is 0.310 e. The van der Waals surface area contributed by atoms with Gasteiger partial charge in [-0.1, -0.05) is 90.4 Å². The molecule has 7 rings (SSSR count). The van der Waals surface area contributed by atoms with Gasteiger partial charge in [-0.15, -0.1) is 0 Å². The van der Waals surface area contributed by atoms with E-state index in [1.54, 1.807) is 0 Å². The second-order valence-electron chi connectivity index (χ2n) is 19.1. The average molecular weight is 741 g/mol. The highest BCUT2D eigenvalue weighted by Gasteiger charge is 2.72. The fourth-order valence-electron chi connectivity index (χ4n) is 13.0. The van der Waals surface area contributed by atoms with Crippen LogP contribution in [-0.4, -0.2) is 94.2 Å². The van der Waals surface area contributed by atoms with Crippen LogP contribution in [0.2, 0.25) is 0 Å². The van der Waals surface area contributed by atoms with E-state index in [9.17, 15) is 30.3 Å². The average Bonchev–Trinajstić information content (AvgIpc) is 3.12. The molecule has 0 spiro atoms. The third kappa shape index (κ3) is 5.82. The Morgan fingerprint density at radius 1 is 0.925 bits per heavy atom. The van der Waals surface area contributed by atoms with Gasteiger partial charge in [-0.3, -0.25) is 4.79 Å². The number of carbonyl (C=O) groups is 1. The van der Waals surface area contributed by atoms with Crippen LogP contribution in [0.3, 0.4) is 0 Å². The monoisotopic (exact) mass is 740 g/mol. The Labute approximate surface area is 315 Å². The molecule has 2 aliphatic heterocycles. The first kappa shape index (κ1) is 39.3. The van der Waals surface area contributed by atoms with Gasteiger partial charge in [0.1, 0.15) is 31.0 Å². The van der Waals surface area contributed by atoms with Crippen LogP contribution < -0.4 is 0 Å². The molecule has 0 aromatic heterocycles. The van der Waals surface area contributed by atoms with Gasteiger partial charge in [0.15, 0.2) is 6.29 Å². The Bertz CT molecular complexity index is 1530. The van der Waals surface area contributed by atoms with Crippen molar-refractivity contribution < 1.29 is 49.3 Å². The molecule has 1 aromatic rings. The third-order valence-corrected chi connectivity index (χ3v) is 16.4. The number of allylic oxidation sites excluding steroid dienone is 1. The number of fused-ring (bicyclic) bond motifs is 3. The summed E-state index contributed by atoms with van der Waals surface area (Å²) in [5, 5.41) is 53.5. The predicted molar refractivity (Wildman–Crippen MR) is 197 cm³/mol. The van der Waals surface area contributed by atoms with Crippen LogP contribution in [0.15, 0.2) is 42.0 Å². The van der Waals surface area contributed by atoms with Crippen LogP contribution in [0.1, 0.15) is 92.6 Å². The van der Waals surface area contributed by atoms with Crippen molar-refractivity contribution in [2.75, 3.05) is 19.8 Å². The molecule has 10 nitrogen and oxygen atoms in total. The van der Waals surface area contributed by atoms with Crippen molar-refractivity contribution in [2.24, 2.45) is 56.7 Å². The van der Waals surface area contributed by atoms with E-state index in [1.165, 1.54) is 5.57 Å². The van der Waals surface area contributed by atoms with Gasteiger partial charge < -0.3 is 44.5 Å². The molecule has 53 heavy (non-hydrogen) atoms. The van der Waals surface area contributed by atoms with E-state index in [-0.39, 0.29) is 46.6 Å². The molecule has 296 valence electrons. The molecule has 2 unspecified atom stereocenters. The van der Waals surface area contributed by atoms with Crippen LogP contribution in [-0.2, 0) is 30.3 Å². The van der Waals surface area contributed by atoms with Gasteiger partial charge in [0.2, 0.25) is 0 Å². The molecule has 0 radical (unpaired) electrons. The summed E-state index contributed by atoms with van der Waals surface area (Å²) >= 11 is 0. The highest BCUT2D eigenvalue weighted by Crippen LogP contribution is 2.75. The minimum atomic E-state index is -1.57. The Morgan fingerprint density at radius 2 is 1.64 bits per heavy atom. The van der Waals surface area contributed by atoms with Crippen LogP contribution in [0.4, 0.5) is 0 Å². The molecular weight excluding hydrogens is 676 g/mol. The number of rotatable bonds is 8. The standard InChI is InChI=1S/C43H64O10/c1-24(2)25(3)39(4)17-18-41(6)27-13-14-31-40(5)22-50-23-43(31,19-29(45)36(40)53-38-34(48)33(47)32(46)30(20-44)52-38)28(27)15-16-42(41,7)35(39)37(49)51-21-26-11-9-8-10-12-26/h8-12,15,24-25,27,29-36,38,44-48H,13-14,16-23H2,1-7H3/t25-,27+,29-,30?,31+,32-,33+,34?,35-,36+,38+,39-,40+,41-,42+,43+/m1/s1. The molecule has 4 aliphatic carbocycles. The molecule has 2 heterocycles. The van der Waals surface area contributed by atoms with Gasteiger partial charge in [0, 0.05) is 10.8 Å². The zero-order valence-electron chi connectivity index (χ0n) is 32.7. The summed E-state index contributed by atoms with van der Waals surface area (Å²) in [6.07, 6.45) is -1.47. The smallest absolute Gasteiger partial charge is 0.310 e. The van der Waals surface area contributed by atoms with Crippen molar-refractivity contribution in [2.45, 2.75) is 137 Å². The molecule has 2 bridgehead atoms. The minimum absolute atomic E-state index is 0.101. The van der Waals surface area contributed by atoms with Crippen molar-refractivity contribution in [3.63, 3.8) is 0 Å². The Balaban J connectivity index is 1.22. The summed E-state index contributed by atoms with van der Waals surface area (Å²) in [6, 6.07) is 9.92. The minimum Gasteiger partial charge on any atom is -0.461 e. The van der Waals surface area contributed by atoms with Crippen molar-refractivity contribution in [3.8, 4) is 0 Å². The summed E-state index contributed by atoms with van der Waals surface area (Å²) in [5.74, 6) is 0.612. The summed E-state index contributed by atoms with van der Waals surface area (Å²) in [6.45, 7) is 16.6. The zero-order valence-corrected chi connectivity index (χ0v) is 32.7. The lowest BCUT2D eigenvalue weighted by molar-refractivity contribution is -0.349. The Kier molecular flexibility index (Phi) is 10.3. The number of aliphatic hydroxyl groups excluding tert-OH is 5. The number of hydrogen-bond donors (Lipinski definition) is 5. The van der Waals surface area contributed by atoms with E-state index in [0.717, 1.165) is 37.7 Å². The van der Waals surface area contributed by atoms with Crippen molar-refractivity contribution >= 4 is 5.97 Å². The van der Waals surface area contributed by atoms with Gasteiger partial charge in [-0.25, -0.2) is 0 Å². The SMILES string of the molecule is CC(C)[C@@H](C)[C@@]1(C)CC[C@]2(C)[C@H]3CC[C@@H]4[C@@]5(COC[C@]4(C)[C@@H](O[C@@H]4OC(CO)[C@@H](O)[C@H](O)C4O)[C@H](O)C5)C3=CC[C@@]2(C)[C@@H]1C(=O)OCc1ccccc1.